The number of aliphatic carboxylic acids is 1. The van der Waals surface area contributed by atoms with Gasteiger partial charge in [-0.05, 0) is 6.07 Å². The van der Waals surface area contributed by atoms with Crippen molar-refractivity contribution < 1.29 is 9.90 Å². The first-order valence-electron chi connectivity index (χ1n) is 4.97. The second-order valence-corrected chi connectivity index (χ2v) is 4.61. The summed E-state index contributed by atoms with van der Waals surface area (Å²) in [5, 5.41) is 12.8. The molecule has 5 nitrogen and oxygen atoms in total. The molecule has 88 valence electrons. The van der Waals surface area contributed by atoms with E-state index in [4.69, 9.17) is 5.11 Å². The van der Waals surface area contributed by atoms with Gasteiger partial charge < -0.3 is 10.4 Å². The maximum atomic E-state index is 10.9. The summed E-state index contributed by atoms with van der Waals surface area (Å²) in [7, 11) is 0. The van der Waals surface area contributed by atoms with Crippen molar-refractivity contribution in [2.45, 2.75) is 31.0 Å². The lowest BCUT2D eigenvalue weighted by Crippen LogP contribution is -2.42. The standard InChI is InChI=1S/C10H15N3O2S/c1-7(2)13-8(10(14)15)5-16-9-3-4-11-6-12-9/h3-4,6-8,13H,5H2,1-2H3,(H,14,15). The molecule has 0 bridgehead atoms. The molecule has 0 aliphatic carbocycles. The van der Waals surface area contributed by atoms with Gasteiger partial charge in [-0.1, -0.05) is 13.8 Å². The van der Waals surface area contributed by atoms with Crippen molar-refractivity contribution in [1.29, 1.82) is 0 Å². The van der Waals surface area contributed by atoms with E-state index >= 15 is 0 Å². The van der Waals surface area contributed by atoms with Gasteiger partial charge in [0.1, 0.15) is 12.4 Å². The molecule has 0 radical (unpaired) electrons. The fourth-order valence-corrected chi connectivity index (χ4v) is 1.98. The predicted molar refractivity (Wildman–Crippen MR) is 62.5 cm³/mol. The summed E-state index contributed by atoms with van der Waals surface area (Å²) in [6.45, 7) is 3.84. The second-order valence-electron chi connectivity index (χ2n) is 3.57. The van der Waals surface area contributed by atoms with Crippen LogP contribution in [0.1, 0.15) is 13.8 Å². The van der Waals surface area contributed by atoms with E-state index in [1.54, 1.807) is 12.3 Å². The van der Waals surface area contributed by atoms with Crippen LogP contribution in [-0.4, -0.2) is 38.9 Å². The lowest BCUT2D eigenvalue weighted by molar-refractivity contribution is -0.139. The molecule has 0 amide bonds. The molecule has 1 aromatic rings. The lowest BCUT2D eigenvalue weighted by Gasteiger charge is -2.16. The minimum Gasteiger partial charge on any atom is -0.480 e. The van der Waals surface area contributed by atoms with Gasteiger partial charge in [0.15, 0.2) is 0 Å². The number of rotatable bonds is 6. The molecule has 1 heterocycles. The highest BCUT2D eigenvalue weighted by atomic mass is 32.2. The molecule has 2 N–H and O–H groups in total. The van der Waals surface area contributed by atoms with Crippen LogP contribution in [-0.2, 0) is 4.79 Å². The van der Waals surface area contributed by atoms with E-state index in [2.05, 4.69) is 15.3 Å². The van der Waals surface area contributed by atoms with Crippen molar-refractivity contribution in [3.05, 3.63) is 18.6 Å². The highest BCUT2D eigenvalue weighted by Gasteiger charge is 2.18. The Morgan fingerprint density at radius 2 is 2.38 bits per heavy atom. The van der Waals surface area contributed by atoms with Gasteiger partial charge in [-0.25, -0.2) is 9.97 Å². The zero-order valence-electron chi connectivity index (χ0n) is 9.25. The molecule has 1 aromatic heterocycles. The molecule has 0 aliphatic rings. The van der Waals surface area contributed by atoms with Crippen LogP contribution in [0.25, 0.3) is 0 Å². The summed E-state index contributed by atoms with van der Waals surface area (Å²) in [5.41, 5.74) is 0. The van der Waals surface area contributed by atoms with Crippen molar-refractivity contribution in [2.75, 3.05) is 5.75 Å². The molecule has 0 aromatic carbocycles. The third-order valence-corrected chi connectivity index (χ3v) is 2.82. The molecule has 1 atom stereocenters. The smallest absolute Gasteiger partial charge is 0.321 e. The van der Waals surface area contributed by atoms with Crippen LogP contribution in [0.2, 0.25) is 0 Å². The van der Waals surface area contributed by atoms with Gasteiger partial charge >= 0.3 is 5.97 Å². The topological polar surface area (TPSA) is 75.1 Å². The first-order chi connectivity index (χ1) is 7.59. The number of hydrogen-bond acceptors (Lipinski definition) is 5. The number of nitrogens with zero attached hydrogens (tertiary/aromatic N) is 2. The molecule has 6 heteroatoms. The van der Waals surface area contributed by atoms with Crippen LogP contribution in [0, 0.1) is 0 Å². The zero-order valence-corrected chi connectivity index (χ0v) is 10.1. The number of carboxylic acids is 1. The van der Waals surface area contributed by atoms with Crippen LogP contribution in [0.15, 0.2) is 23.6 Å². The highest BCUT2D eigenvalue weighted by Crippen LogP contribution is 2.14. The fourth-order valence-electron chi connectivity index (χ4n) is 1.13. The number of hydrogen-bond donors (Lipinski definition) is 2. The Balaban J connectivity index is 2.47. The molecular weight excluding hydrogens is 226 g/mol. The first-order valence-corrected chi connectivity index (χ1v) is 5.96. The molecule has 0 fully saturated rings. The Bertz CT molecular complexity index is 332. The number of aromatic nitrogens is 2. The minimum atomic E-state index is -0.838. The number of carboxylic acid groups (broad SMARTS) is 1. The summed E-state index contributed by atoms with van der Waals surface area (Å²) in [4.78, 5) is 18.8. The molecule has 0 saturated carbocycles. The Morgan fingerprint density at radius 3 is 2.88 bits per heavy atom. The Labute approximate surface area is 98.7 Å². The van der Waals surface area contributed by atoms with Crippen molar-refractivity contribution in [1.82, 2.24) is 15.3 Å². The van der Waals surface area contributed by atoms with Gasteiger partial charge in [0.05, 0.1) is 5.03 Å². The lowest BCUT2D eigenvalue weighted by atomic mass is 10.3. The molecule has 0 saturated heterocycles. The van der Waals surface area contributed by atoms with Gasteiger partial charge in [0.2, 0.25) is 0 Å². The Hall–Kier alpha value is -1.14. The van der Waals surface area contributed by atoms with E-state index < -0.39 is 12.0 Å². The minimum absolute atomic E-state index is 0.145. The van der Waals surface area contributed by atoms with Crippen molar-refractivity contribution >= 4 is 17.7 Å². The van der Waals surface area contributed by atoms with E-state index in [-0.39, 0.29) is 6.04 Å². The average molecular weight is 241 g/mol. The van der Waals surface area contributed by atoms with Gasteiger partial charge in [0, 0.05) is 18.0 Å². The molecular formula is C10H15N3O2S. The number of thioether (sulfide) groups is 1. The highest BCUT2D eigenvalue weighted by molar-refractivity contribution is 7.99. The van der Waals surface area contributed by atoms with Gasteiger partial charge in [-0.2, -0.15) is 0 Å². The third kappa shape index (κ3) is 4.59. The van der Waals surface area contributed by atoms with Gasteiger partial charge in [0.25, 0.3) is 0 Å². The number of carbonyl (C=O) groups is 1. The van der Waals surface area contributed by atoms with Crippen molar-refractivity contribution in [2.24, 2.45) is 0 Å². The Kier molecular flexibility index (Phi) is 5.21. The van der Waals surface area contributed by atoms with E-state index in [1.807, 2.05) is 13.8 Å². The maximum Gasteiger partial charge on any atom is 0.321 e. The summed E-state index contributed by atoms with van der Waals surface area (Å²) in [6, 6.07) is 1.35. The first kappa shape index (κ1) is 12.9. The Morgan fingerprint density at radius 1 is 1.62 bits per heavy atom. The largest absolute Gasteiger partial charge is 0.480 e. The van der Waals surface area contributed by atoms with Crippen LogP contribution in [0.3, 0.4) is 0 Å². The van der Waals surface area contributed by atoms with E-state index in [9.17, 15) is 4.79 Å². The van der Waals surface area contributed by atoms with Gasteiger partial charge in [-0.15, -0.1) is 11.8 Å². The van der Waals surface area contributed by atoms with Crippen molar-refractivity contribution in [3.63, 3.8) is 0 Å². The van der Waals surface area contributed by atoms with Crippen LogP contribution in [0.5, 0.6) is 0 Å². The normalized spacial score (nSPS) is 12.7. The maximum absolute atomic E-state index is 10.9. The molecule has 0 aliphatic heterocycles. The van der Waals surface area contributed by atoms with Crippen LogP contribution < -0.4 is 5.32 Å². The quantitative estimate of drug-likeness (QED) is 0.572. The number of nitrogens with one attached hydrogen (secondary N) is 1. The van der Waals surface area contributed by atoms with E-state index in [0.29, 0.717) is 5.75 Å². The fraction of sp³-hybridized carbons (Fsp3) is 0.500. The predicted octanol–water partition coefficient (Wildman–Crippen LogP) is 1.02. The van der Waals surface area contributed by atoms with Gasteiger partial charge in [-0.3, -0.25) is 4.79 Å². The monoisotopic (exact) mass is 241 g/mol. The van der Waals surface area contributed by atoms with Crippen LogP contribution >= 0.6 is 11.8 Å². The van der Waals surface area contributed by atoms with E-state index in [1.165, 1.54) is 18.1 Å². The average Bonchev–Trinajstić information content (AvgIpc) is 2.25. The van der Waals surface area contributed by atoms with Crippen molar-refractivity contribution in [3.8, 4) is 0 Å². The molecule has 16 heavy (non-hydrogen) atoms. The molecule has 1 rings (SSSR count). The van der Waals surface area contributed by atoms with Crippen LogP contribution in [0.4, 0.5) is 0 Å². The summed E-state index contributed by atoms with van der Waals surface area (Å²) in [6.07, 6.45) is 3.09. The third-order valence-electron chi connectivity index (χ3n) is 1.79. The summed E-state index contributed by atoms with van der Waals surface area (Å²) < 4.78 is 0. The summed E-state index contributed by atoms with van der Waals surface area (Å²) in [5.74, 6) is -0.389. The SMILES string of the molecule is CC(C)NC(CSc1ccncn1)C(=O)O. The molecule has 0 spiro atoms. The zero-order chi connectivity index (χ0) is 12.0. The van der Waals surface area contributed by atoms with E-state index in [0.717, 1.165) is 5.03 Å². The second kappa shape index (κ2) is 6.44. The summed E-state index contributed by atoms with van der Waals surface area (Å²) >= 11 is 1.40. The molecule has 1 unspecified atom stereocenters.